The molecule has 0 aliphatic carbocycles. The number of piperazine rings is 1. The summed E-state index contributed by atoms with van der Waals surface area (Å²) in [6.45, 7) is 6.65. The zero-order valence-corrected chi connectivity index (χ0v) is 11.8. The van der Waals surface area contributed by atoms with Gasteiger partial charge in [0.15, 0.2) is 0 Å². The highest BCUT2D eigenvalue weighted by Gasteiger charge is 2.31. The van der Waals surface area contributed by atoms with Crippen molar-refractivity contribution >= 4 is 0 Å². The molecule has 2 rings (SSSR count). The highest BCUT2D eigenvalue weighted by molar-refractivity contribution is 4.87. The van der Waals surface area contributed by atoms with E-state index in [1.165, 1.54) is 51.9 Å². The second-order valence-electron chi connectivity index (χ2n) is 5.72. The van der Waals surface area contributed by atoms with Crippen LogP contribution in [0.15, 0.2) is 0 Å². The van der Waals surface area contributed by atoms with E-state index in [0.717, 1.165) is 25.6 Å². The van der Waals surface area contributed by atoms with Gasteiger partial charge in [-0.15, -0.1) is 0 Å². The van der Waals surface area contributed by atoms with E-state index >= 15 is 0 Å². The number of nitrogens with zero attached hydrogens (tertiary/aromatic N) is 2. The Morgan fingerprint density at radius 2 is 2.17 bits per heavy atom. The van der Waals surface area contributed by atoms with Gasteiger partial charge in [0.25, 0.3) is 0 Å². The number of ether oxygens (including phenoxy) is 1. The van der Waals surface area contributed by atoms with Gasteiger partial charge in [-0.1, -0.05) is 6.42 Å². The first-order chi connectivity index (χ1) is 8.85. The standard InChI is InChI=1S/C14H29N3O/c1-18-12-14(6-4-7-15)17-10-9-16-8-3-2-5-13(16)11-17/h13-14H,2-12,15H2,1H3. The van der Waals surface area contributed by atoms with Crippen molar-refractivity contribution in [3.63, 3.8) is 0 Å². The van der Waals surface area contributed by atoms with Crippen LogP contribution in [-0.4, -0.2) is 68.3 Å². The molecule has 2 N–H and O–H groups in total. The average Bonchev–Trinajstić information content (AvgIpc) is 2.43. The molecule has 0 spiro atoms. The maximum atomic E-state index is 5.64. The molecule has 0 aromatic rings. The van der Waals surface area contributed by atoms with E-state index in [0.29, 0.717) is 6.04 Å². The number of hydrogen-bond donors (Lipinski definition) is 1. The summed E-state index contributed by atoms with van der Waals surface area (Å²) in [6, 6.07) is 1.37. The number of fused-ring (bicyclic) bond motifs is 1. The summed E-state index contributed by atoms with van der Waals surface area (Å²) < 4.78 is 5.39. The molecule has 2 heterocycles. The van der Waals surface area contributed by atoms with E-state index in [2.05, 4.69) is 9.80 Å². The van der Waals surface area contributed by atoms with Crippen LogP contribution in [0.4, 0.5) is 0 Å². The first-order valence-electron chi connectivity index (χ1n) is 7.52. The normalized spacial score (nSPS) is 28.0. The van der Waals surface area contributed by atoms with E-state index in [1.807, 2.05) is 7.11 Å². The van der Waals surface area contributed by atoms with Gasteiger partial charge in [-0.2, -0.15) is 0 Å². The third-order valence-electron chi connectivity index (χ3n) is 4.49. The minimum Gasteiger partial charge on any atom is -0.383 e. The van der Waals surface area contributed by atoms with Crippen LogP contribution in [0.1, 0.15) is 32.1 Å². The lowest BCUT2D eigenvalue weighted by Crippen LogP contribution is -2.57. The second kappa shape index (κ2) is 7.43. The smallest absolute Gasteiger partial charge is 0.0618 e. The molecule has 0 bridgehead atoms. The van der Waals surface area contributed by atoms with Gasteiger partial charge in [0, 0.05) is 38.8 Å². The van der Waals surface area contributed by atoms with Crippen LogP contribution in [-0.2, 0) is 4.74 Å². The van der Waals surface area contributed by atoms with Crippen molar-refractivity contribution in [2.45, 2.75) is 44.2 Å². The monoisotopic (exact) mass is 255 g/mol. The largest absolute Gasteiger partial charge is 0.383 e. The Morgan fingerprint density at radius 1 is 1.28 bits per heavy atom. The Hall–Kier alpha value is -0.160. The first-order valence-corrected chi connectivity index (χ1v) is 7.52. The quantitative estimate of drug-likeness (QED) is 0.766. The summed E-state index contributed by atoms with van der Waals surface area (Å²) in [5.41, 5.74) is 5.64. The summed E-state index contributed by atoms with van der Waals surface area (Å²) in [5.74, 6) is 0. The minimum atomic E-state index is 0.572. The maximum Gasteiger partial charge on any atom is 0.0618 e. The molecular formula is C14H29N3O. The van der Waals surface area contributed by atoms with Gasteiger partial charge in [-0.3, -0.25) is 9.80 Å². The van der Waals surface area contributed by atoms with Crippen molar-refractivity contribution < 1.29 is 4.74 Å². The molecule has 0 radical (unpaired) electrons. The molecule has 2 aliphatic rings. The second-order valence-corrected chi connectivity index (χ2v) is 5.72. The van der Waals surface area contributed by atoms with Crippen molar-refractivity contribution in [2.24, 2.45) is 5.73 Å². The number of hydrogen-bond acceptors (Lipinski definition) is 4. The molecule has 2 atom stereocenters. The molecule has 0 amide bonds. The van der Waals surface area contributed by atoms with Crippen LogP contribution in [0, 0.1) is 0 Å². The molecule has 4 nitrogen and oxygen atoms in total. The average molecular weight is 255 g/mol. The summed E-state index contributed by atoms with van der Waals surface area (Å²) >= 11 is 0. The molecule has 0 aromatic heterocycles. The van der Waals surface area contributed by atoms with Crippen molar-refractivity contribution in [3.05, 3.63) is 0 Å². The van der Waals surface area contributed by atoms with Gasteiger partial charge < -0.3 is 10.5 Å². The van der Waals surface area contributed by atoms with Crippen molar-refractivity contribution in [3.8, 4) is 0 Å². The number of methoxy groups -OCH3 is 1. The van der Waals surface area contributed by atoms with E-state index in [9.17, 15) is 0 Å². The Kier molecular flexibility index (Phi) is 5.89. The van der Waals surface area contributed by atoms with Gasteiger partial charge in [0.1, 0.15) is 0 Å². The fourth-order valence-corrected chi connectivity index (χ4v) is 3.43. The van der Waals surface area contributed by atoms with Crippen LogP contribution in [0.2, 0.25) is 0 Å². The Balaban J connectivity index is 1.86. The zero-order valence-electron chi connectivity index (χ0n) is 11.8. The van der Waals surface area contributed by atoms with E-state index in [-0.39, 0.29) is 0 Å². The van der Waals surface area contributed by atoms with E-state index < -0.39 is 0 Å². The molecule has 106 valence electrons. The molecule has 18 heavy (non-hydrogen) atoms. The lowest BCUT2D eigenvalue weighted by Gasteiger charge is -2.46. The summed E-state index contributed by atoms with van der Waals surface area (Å²) in [7, 11) is 1.81. The van der Waals surface area contributed by atoms with Crippen molar-refractivity contribution in [2.75, 3.05) is 46.4 Å². The lowest BCUT2D eigenvalue weighted by atomic mass is 9.98. The minimum absolute atomic E-state index is 0.572. The third-order valence-corrected chi connectivity index (χ3v) is 4.49. The van der Waals surface area contributed by atoms with Crippen LogP contribution in [0.3, 0.4) is 0 Å². The Labute approximate surface area is 111 Å². The zero-order chi connectivity index (χ0) is 12.8. The number of rotatable bonds is 6. The molecule has 2 fully saturated rings. The fraction of sp³-hybridized carbons (Fsp3) is 1.00. The molecule has 2 unspecified atom stereocenters. The van der Waals surface area contributed by atoms with Gasteiger partial charge in [-0.25, -0.2) is 0 Å². The van der Waals surface area contributed by atoms with Crippen LogP contribution in [0.5, 0.6) is 0 Å². The molecule has 4 heteroatoms. The predicted octanol–water partition coefficient (Wildman–Crippen LogP) is 0.910. The maximum absolute atomic E-state index is 5.64. The van der Waals surface area contributed by atoms with Crippen molar-refractivity contribution in [1.29, 1.82) is 0 Å². The molecule has 2 aliphatic heterocycles. The first kappa shape index (κ1) is 14.3. The van der Waals surface area contributed by atoms with E-state index in [4.69, 9.17) is 10.5 Å². The van der Waals surface area contributed by atoms with Crippen LogP contribution >= 0.6 is 0 Å². The number of piperidine rings is 1. The molecule has 2 saturated heterocycles. The Morgan fingerprint density at radius 3 is 2.94 bits per heavy atom. The fourth-order valence-electron chi connectivity index (χ4n) is 3.43. The lowest BCUT2D eigenvalue weighted by molar-refractivity contribution is 0.00267. The highest BCUT2D eigenvalue weighted by atomic mass is 16.5. The van der Waals surface area contributed by atoms with Crippen LogP contribution < -0.4 is 5.73 Å². The SMILES string of the molecule is COCC(CCCN)N1CCN2CCCCC2C1. The van der Waals surface area contributed by atoms with Crippen molar-refractivity contribution in [1.82, 2.24) is 9.80 Å². The van der Waals surface area contributed by atoms with Gasteiger partial charge in [-0.05, 0) is 38.8 Å². The highest BCUT2D eigenvalue weighted by Crippen LogP contribution is 2.23. The summed E-state index contributed by atoms with van der Waals surface area (Å²) in [6.07, 6.45) is 6.47. The topological polar surface area (TPSA) is 41.7 Å². The van der Waals surface area contributed by atoms with Gasteiger partial charge >= 0.3 is 0 Å². The van der Waals surface area contributed by atoms with Gasteiger partial charge in [0.2, 0.25) is 0 Å². The predicted molar refractivity (Wildman–Crippen MR) is 74.7 cm³/mol. The van der Waals surface area contributed by atoms with Crippen LogP contribution in [0.25, 0.3) is 0 Å². The van der Waals surface area contributed by atoms with E-state index in [1.54, 1.807) is 0 Å². The molecule has 0 saturated carbocycles. The summed E-state index contributed by atoms with van der Waals surface area (Å²) in [5, 5.41) is 0. The third kappa shape index (κ3) is 3.67. The Bertz CT molecular complexity index is 237. The van der Waals surface area contributed by atoms with Gasteiger partial charge in [0.05, 0.1) is 6.61 Å². The summed E-state index contributed by atoms with van der Waals surface area (Å²) in [4.78, 5) is 5.33. The number of nitrogens with two attached hydrogens (primary N) is 1. The molecular weight excluding hydrogens is 226 g/mol. The molecule has 0 aromatic carbocycles.